The van der Waals surface area contributed by atoms with Crippen molar-refractivity contribution in [2.24, 2.45) is 0 Å². The molecule has 2 aromatic rings. The maximum absolute atomic E-state index is 6.07. The molecule has 0 unspecified atom stereocenters. The fourth-order valence-electron chi connectivity index (χ4n) is 1.55. The number of hydrogen-bond acceptors (Lipinski definition) is 4. The van der Waals surface area contributed by atoms with Crippen LogP contribution in [0.15, 0.2) is 30.3 Å². The number of nitrogens with two attached hydrogens (primary N) is 1. The molecule has 0 aliphatic heterocycles. The number of nitrogens with zero attached hydrogens (tertiary/aromatic N) is 1. The van der Waals surface area contributed by atoms with Crippen molar-refractivity contribution in [3.8, 4) is 5.75 Å². The van der Waals surface area contributed by atoms with E-state index in [0.717, 1.165) is 11.4 Å². The fraction of sp³-hybridized carbons (Fsp3) is 0.154. The van der Waals surface area contributed by atoms with E-state index in [1.54, 1.807) is 6.07 Å². The fourth-order valence-corrected chi connectivity index (χ4v) is 1.95. The Morgan fingerprint density at radius 1 is 1.26 bits per heavy atom. The van der Waals surface area contributed by atoms with Crippen molar-refractivity contribution in [1.29, 1.82) is 0 Å². The molecule has 0 fully saturated rings. The molecule has 0 bridgehead atoms. The lowest BCUT2D eigenvalue weighted by Gasteiger charge is -2.13. The van der Waals surface area contributed by atoms with E-state index in [0.29, 0.717) is 22.5 Å². The Morgan fingerprint density at radius 3 is 2.74 bits per heavy atom. The van der Waals surface area contributed by atoms with E-state index in [1.807, 2.05) is 31.2 Å². The van der Waals surface area contributed by atoms with Crippen LogP contribution in [-0.2, 0) is 0 Å². The Kier molecular flexibility index (Phi) is 4.35. The standard InChI is InChI=1S/C13H13Cl2N3O/c1-2-19-11-6-4-3-5-10(11)17-13-9(15)7-8(14)12(16)18-13/h3-7H,2H2,1H3,(H3,16,17,18). The van der Waals surface area contributed by atoms with Crippen LogP contribution in [0.3, 0.4) is 0 Å². The molecule has 0 amide bonds. The molecule has 0 radical (unpaired) electrons. The van der Waals surface area contributed by atoms with Crippen LogP contribution < -0.4 is 15.8 Å². The molecule has 0 aliphatic carbocycles. The number of anilines is 3. The number of nitrogen functional groups attached to an aromatic ring is 1. The van der Waals surface area contributed by atoms with Crippen LogP contribution in [0.4, 0.5) is 17.3 Å². The highest BCUT2D eigenvalue weighted by Crippen LogP contribution is 2.32. The van der Waals surface area contributed by atoms with Crippen molar-refractivity contribution < 1.29 is 4.74 Å². The number of nitrogens with one attached hydrogen (secondary N) is 1. The van der Waals surface area contributed by atoms with Gasteiger partial charge in [0.05, 0.1) is 22.3 Å². The van der Waals surface area contributed by atoms with Crippen LogP contribution in [0.25, 0.3) is 0 Å². The number of hydrogen-bond donors (Lipinski definition) is 2. The summed E-state index contributed by atoms with van der Waals surface area (Å²) in [7, 11) is 0. The zero-order valence-electron chi connectivity index (χ0n) is 10.3. The summed E-state index contributed by atoms with van der Waals surface area (Å²) >= 11 is 11.9. The van der Waals surface area contributed by atoms with Gasteiger partial charge in [-0.05, 0) is 25.1 Å². The third-order valence-corrected chi connectivity index (χ3v) is 2.99. The second-order valence-corrected chi connectivity index (χ2v) is 4.55. The number of benzene rings is 1. The van der Waals surface area contributed by atoms with Crippen LogP contribution in [0, 0.1) is 0 Å². The second kappa shape index (κ2) is 5.99. The highest BCUT2D eigenvalue weighted by molar-refractivity contribution is 6.37. The van der Waals surface area contributed by atoms with Gasteiger partial charge in [0.1, 0.15) is 11.6 Å². The first-order valence-corrected chi connectivity index (χ1v) is 6.47. The summed E-state index contributed by atoms with van der Waals surface area (Å²) < 4.78 is 5.51. The Hall–Kier alpha value is -1.65. The van der Waals surface area contributed by atoms with Crippen LogP contribution in [0.2, 0.25) is 10.0 Å². The maximum Gasteiger partial charge on any atom is 0.151 e. The summed E-state index contributed by atoms with van der Waals surface area (Å²) in [6.07, 6.45) is 0. The number of aromatic nitrogens is 1. The van der Waals surface area contributed by atoms with E-state index in [4.69, 9.17) is 33.7 Å². The molecular weight excluding hydrogens is 285 g/mol. The lowest BCUT2D eigenvalue weighted by molar-refractivity contribution is 0.342. The van der Waals surface area contributed by atoms with E-state index >= 15 is 0 Å². The van der Waals surface area contributed by atoms with Crippen LogP contribution in [-0.4, -0.2) is 11.6 Å². The molecule has 2 rings (SSSR count). The van der Waals surface area contributed by atoms with Gasteiger partial charge in [-0.15, -0.1) is 0 Å². The molecule has 1 aromatic carbocycles. The Balaban J connectivity index is 2.33. The molecule has 100 valence electrons. The van der Waals surface area contributed by atoms with Gasteiger partial charge in [0.2, 0.25) is 0 Å². The van der Waals surface area contributed by atoms with Gasteiger partial charge in [0, 0.05) is 0 Å². The van der Waals surface area contributed by atoms with Crippen molar-refractivity contribution in [3.63, 3.8) is 0 Å². The molecule has 0 aliphatic rings. The van der Waals surface area contributed by atoms with Gasteiger partial charge in [0.15, 0.2) is 5.82 Å². The Morgan fingerprint density at radius 2 is 2.00 bits per heavy atom. The van der Waals surface area contributed by atoms with Gasteiger partial charge in [-0.2, -0.15) is 0 Å². The number of pyridine rings is 1. The lowest BCUT2D eigenvalue weighted by atomic mass is 10.3. The van der Waals surface area contributed by atoms with Gasteiger partial charge in [-0.3, -0.25) is 0 Å². The maximum atomic E-state index is 6.07. The first-order chi connectivity index (χ1) is 9.11. The molecule has 0 saturated carbocycles. The number of halogens is 2. The van der Waals surface area contributed by atoms with Gasteiger partial charge in [-0.25, -0.2) is 4.98 Å². The van der Waals surface area contributed by atoms with Crippen LogP contribution >= 0.6 is 23.2 Å². The monoisotopic (exact) mass is 297 g/mol. The van der Waals surface area contributed by atoms with Crippen molar-refractivity contribution >= 4 is 40.5 Å². The van der Waals surface area contributed by atoms with Crippen molar-refractivity contribution in [3.05, 3.63) is 40.4 Å². The highest BCUT2D eigenvalue weighted by atomic mass is 35.5. The average molecular weight is 298 g/mol. The predicted molar refractivity (Wildman–Crippen MR) is 79.6 cm³/mol. The zero-order chi connectivity index (χ0) is 13.8. The second-order valence-electron chi connectivity index (χ2n) is 3.74. The third kappa shape index (κ3) is 3.22. The normalized spacial score (nSPS) is 10.3. The van der Waals surface area contributed by atoms with E-state index in [9.17, 15) is 0 Å². The molecule has 1 heterocycles. The van der Waals surface area contributed by atoms with Crippen molar-refractivity contribution in [1.82, 2.24) is 4.98 Å². The molecule has 0 atom stereocenters. The third-order valence-electron chi connectivity index (χ3n) is 2.40. The van der Waals surface area contributed by atoms with E-state index in [2.05, 4.69) is 10.3 Å². The molecule has 0 saturated heterocycles. The number of rotatable bonds is 4. The summed E-state index contributed by atoms with van der Waals surface area (Å²) in [5.41, 5.74) is 6.43. The van der Waals surface area contributed by atoms with Crippen molar-refractivity contribution in [2.45, 2.75) is 6.92 Å². The Bertz CT molecular complexity index is 590. The molecule has 6 heteroatoms. The zero-order valence-corrected chi connectivity index (χ0v) is 11.8. The largest absolute Gasteiger partial charge is 0.492 e. The summed E-state index contributed by atoms with van der Waals surface area (Å²) in [4.78, 5) is 4.12. The van der Waals surface area contributed by atoms with Gasteiger partial charge in [0.25, 0.3) is 0 Å². The van der Waals surface area contributed by atoms with E-state index < -0.39 is 0 Å². The molecule has 1 aromatic heterocycles. The summed E-state index contributed by atoms with van der Waals surface area (Å²) in [5.74, 6) is 1.38. The predicted octanol–water partition coefficient (Wildman–Crippen LogP) is 4.11. The van der Waals surface area contributed by atoms with Crippen LogP contribution in [0.1, 0.15) is 6.92 Å². The molecule has 0 spiro atoms. The van der Waals surface area contributed by atoms with Crippen LogP contribution in [0.5, 0.6) is 5.75 Å². The summed E-state index contributed by atoms with van der Waals surface area (Å²) in [6.45, 7) is 2.49. The first-order valence-electron chi connectivity index (χ1n) is 5.72. The van der Waals surface area contributed by atoms with Crippen molar-refractivity contribution in [2.75, 3.05) is 17.7 Å². The highest BCUT2D eigenvalue weighted by Gasteiger charge is 2.09. The number of ether oxygens (including phenoxy) is 1. The molecule has 4 nitrogen and oxygen atoms in total. The van der Waals surface area contributed by atoms with E-state index in [-0.39, 0.29) is 5.82 Å². The Labute approximate surface area is 121 Å². The minimum atomic E-state index is 0.224. The first kappa shape index (κ1) is 13.8. The SMILES string of the molecule is CCOc1ccccc1Nc1nc(N)c(Cl)cc1Cl. The topological polar surface area (TPSA) is 60.2 Å². The van der Waals surface area contributed by atoms with Gasteiger partial charge in [-0.1, -0.05) is 35.3 Å². The molecular formula is C13H13Cl2N3O. The van der Waals surface area contributed by atoms with Gasteiger partial charge >= 0.3 is 0 Å². The lowest BCUT2D eigenvalue weighted by Crippen LogP contribution is -2.01. The molecule has 3 N–H and O–H groups in total. The summed E-state index contributed by atoms with van der Waals surface area (Å²) in [5, 5.41) is 3.81. The molecule has 19 heavy (non-hydrogen) atoms. The number of para-hydroxylation sites is 2. The minimum Gasteiger partial charge on any atom is -0.492 e. The summed E-state index contributed by atoms with van der Waals surface area (Å²) in [6, 6.07) is 9.06. The minimum absolute atomic E-state index is 0.224. The quantitative estimate of drug-likeness (QED) is 0.891. The van der Waals surface area contributed by atoms with Gasteiger partial charge < -0.3 is 15.8 Å². The average Bonchev–Trinajstić information content (AvgIpc) is 2.38. The van der Waals surface area contributed by atoms with E-state index in [1.165, 1.54) is 0 Å². The smallest absolute Gasteiger partial charge is 0.151 e.